The topological polar surface area (TPSA) is 140 Å². The zero-order valence-corrected chi connectivity index (χ0v) is 32.1. The van der Waals surface area contributed by atoms with E-state index in [0.717, 1.165) is 85.6 Å². The summed E-state index contributed by atoms with van der Waals surface area (Å²) in [6.07, 6.45) is 7.13. The molecule has 6 aromatic heterocycles. The lowest BCUT2D eigenvalue weighted by atomic mass is 9.92. The molecule has 3 N–H and O–H groups in total. The van der Waals surface area contributed by atoms with Gasteiger partial charge in [0.2, 0.25) is 5.91 Å². The molecule has 1 saturated carbocycles. The van der Waals surface area contributed by atoms with Crippen LogP contribution in [0, 0.1) is 0 Å². The SMILES string of the molecule is CNC(=O)CNc1nc(-c2cc(OC3CCC(Nc4nc(-c5ccccn5)nc5scc(-c6ccccc6)c45)CC3)ccn2)nc2scc(-c3ccccc3)c12. The van der Waals surface area contributed by atoms with Crippen molar-refractivity contribution >= 4 is 60.6 Å². The van der Waals surface area contributed by atoms with Gasteiger partial charge in [-0.2, -0.15) is 0 Å². The number of thiophene rings is 2. The van der Waals surface area contributed by atoms with Crippen LogP contribution >= 0.6 is 22.7 Å². The molecule has 1 aliphatic carbocycles. The Morgan fingerprint density at radius 3 is 1.95 bits per heavy atom. The van der Waals surface area contributed by atoms with Crippen LogP contribution in [0.5, 0.6) is 5.75 Å². The highest BCUT2D eigenvalue weighted by Crippen LogP contribution is 2.40. The fraction of sp³-hybridized carbons (Fsp3) is 0.186. The van der Waals surface area contributed by atoms with Crippen LogP contribution in [-0.2, 0) is 4.79 Å². The molecule has 9 rings (SSSR count). The number of nitrogens with zero attached hydrogens (tertiary/aromatic N) is 6. The average Bonchev–Trinajstić information content (AvgIpc) is 3.90. The van der Waals surface area contributed by atoms with Crippen LogP contribution < -0.4 is 20.7 Å². The number of fused-ring (bicyclic) bond motifs is 2. The maximum atomic E-state index is 12.2. The Hall–Kier alpha value is -6.31. The van der Waals surface area contributed by atoms with Gasteiger partial charge >= 0.3 is 0 Å². The number of pyridine rings is 2. The molecule has 0 aliphatic heterocycles. The molecule has 1 amide bonds. The van der Waals surface area contributed by atoms with Crippen LogP contribution in [0.1, 0.15) is 25.7 Å². The van der Waals surface area contributed by atoms with Crippen molar-refractivity contribution < 1.29 is 9.53 Å². The summed E-state index contributed by atoms with van der Waals surface area (Å²) in [5.74, 6) is 3.06. The summed E-state index contributed by atoms with van der Waals surface area (Å²) >= 11 is 3.17. The van der Waals surface area contributed by atoms with E-state index in [2.05, 4.69) is 73.1 Å². The molecule has 11 nitrogen and oxygen atoms in total. The van der Waals surface area contributed by atoms with E-state index in [-0.39, 0.29) is 24.6 Å². The van der Waals surface area contributed by atoms with Gasteiger partial charge in [-0.25, -0.2) is 19.9 Å². The van der Waals surface area contributed by atoms with E-state index in [1.807, 2.05) is 54.6 Å². The summed E-state index contributed by atoms with van der Waals surface area (Å²) in [7, 11) is 1.62. The van der Waals surface area contributed by atoms with Gasteiger partial charge in [0, 0.05) is 53.4 Å². The minimum atomic E-state index is -0.142. The number of carbonyl (C=O) groups is 1. The van der Waals surface area contributed by atoms with Gasteiger partial charge in [-0.15, -0.1) is 22.7 Å². The van der Waals surface area contributed by atoms with E-state index in [1.54, 1.807) is 30.8 Å². The standard InChI is InChI=1S/C43H37N9O2S2/c1-44-35(53)23-47-40-36-31(26-10-4-2-5-11-26)24-55-42(36)52-39(49-40)34-22-30(19-21-46-34)54-29-17-15-28(16-18-29)48-41-37-32(27-12-6-3-7-13-27)25-56-43(37)51-38(50-41)33-14-8-9-20-45-33/h2-14,19-22,24-25,28-29H,15-18,23H2,1H3,(H,44,53)(H,47,49,52)(H,48,50,51). The molecule has 56 heavy (non-hydrogen) atoms. The highest BCUT2D eigenvalue weighted by molar-refractivity contribution is 7.17. The number of nitrogens with one attached hydrogen (secondary N) is 3. The molecule has 1 fully saturated rings. The Kier molecular flexibility index (Phi) is 9.99. The van der Waals surface area contributed by atoms with Gasteiger partial charge in [-0.3, -0.25) is 14.8 Å². The molecule has 0 atom stereocenters. The fourth-order valence-electron chi connectivity index (χ4n) is 7.07. The second kappa shape index (κ2) is 15.8. The largest absolute Gasteiger partial charge is 0.490 e. The first-order valence-corrected chi connectivity index (χ1v) is 20.3. The lowest BCUT2D eigenvalue weighted by molar-refractivity contribution is -0.118. The quantitative estimate of drug-likeness (QED) is 0.117. The number of rotatable bonds is 11. The third kappa shape index (κ3) is 7.38. The van der Waals surface area contributed by atoms with Crippen LogP contribution in [0.15, 0.2) is 114 Å². The first kappa shape index (κ1) is 35.4. The van der Waals surface area contributed by atoms with Crippen molar-refractivity contribution in [1.29, 1.82) is 0 Å². The Morgan fingerprint density at radius 1 is 0.696 bits per heavy atom. The normalized spacial score (nSPS) is 15.4. The molecule has 13 heteroatoms. The summed E-state index contributed by atoms with van der Waals surface area (Å²) < 4.78 is 6.58. The number of likely N-dealkylation sites (N-methyl/N-ethyl adjacent to an activating group) is 1. The second-order valence-electron chi connectivity index (χ2n) is 13.5. The molecule has 0 bridgehead atoms. The number of anilines is 2. The van der Waals surface area contributed by atoms with E-state index >= 15 is 0 Å². The number of benzene rings is 2. The Bertz CT molecular complexity index is 2630. The molecule has 6 heterocycles. The van der Waals surface area contributed by atoms with Crippen molar-refractivity contribution in [2.24, 2.45) is 0 Å². The highest BCUT2D eigenvalue weighted by Gasteiger charge is 2.26. The lowest BCUT2D eigenvalue weighted by Gasteiger charge is -2.30. The van der Waals surface area contributed by atoms with Crippen molar-refractivity contribution in [3.8, 4) is 51.0 Å². The van der Waals surface area contributed by atoms with Crippen molar-refractivity contribution in [2.45, 2.75) is 37.8 Å². The van der Waals surface area contributed by atoms with Crippen LogP contribution in [0.25, 0.3) is 65.7 Å². The Morgan fingerprint density at radius 2 is 1.30 bits per heavy atom. The molecule has 0 spiro atoms. The summed E-state index contributed by atoms with van der Waals surface area (Å²) in [5, 5.41) is 15.9. The van der Waals surface area contributed by atoms with Gasteiger partial charge in [0.15, 0.2) is 11.6 Å². The molecule has 0 unspecified atom stereocenters. The summed E-state index contributed by atoms with van der Waals surface area (Å²) in [6.45, 7) is 0.0786. The van der Waals surface area contributed by atoms with Crippen LogP contribution in [0.4, 0.5) is 11.6 Å². The molecular weight excluding hydrogens is 739 g/mol. The lowest BCUT2D eigenvalue weighted by Crippen LogP contribution is -2.31. The Balaban J connectivity index is 0.933. The maximum Gasteiger partial charge on any atom is 0.239 e. The van der Waals surface area contributed by atoms with Gasteiger partial charge in [0.1, 0.15) is 38.4 Å². The molecule has 2 aromatic carbocycles. The summed E-state index contributed by atoms with van der Waals surface area (Å²) in [6, 6.07) is 30.3. The molecular formula is C43H37N9O2S2. The molecule has 0 saturated heterocycles. The minimum absolute atomic E-state index is 0.0396. The first-order chi connectivity index (χ1) is 27.6. The van der Waals surface area contributed by atoms with E-state index in [4.69, 9.17) is 24.7 Å². The number of amides is 1. The third-order valence-electron chi connectivity index (χ3n) is 9.90. The predicted octanol–water partition coefficient (Wildman–Crippen LogP) is 9.11. The summed E-state index contributed by atoms with van der Waals surface area (Å²) in [4.78, 5) is 43.0. The number of aromatic nitrogens is 6. The van der Waals surface area contributed by atoms with E-state index in [0.29, 0.717) is 23.2 Å². The average molecular weight is 776 g/mol. The first-order valence-electron chi connectivity index (χ1n) is 18.5. The minimum Gasteiger partial charge on any atom is -0.490 e. The van der Waals surface area contributed by atoms with Gasteiger partial charge in [0.25, 0.3) is 0 Å². The van der Waals surface area contributed by atoms with Crippen molar-refractivity contribution in [1.82, 2.24) is 35.2 Å². The number of ether oxygens (including phenoxy) is 1. The monoisotopic (exact) mass is 775 g/mol. The van der Waals surface area contributed by atoms with Gasteiger partial charge in [-0.05, 0) is 55.0 Å². The van der Waals surface area contributed by atoms with Gasteiger partial charge in [-0.1, -0.05) is 66.7 Å². The van der Waals surface area contributed by atoms with Crippen LogP contribution in [0.2, 0.25) is 0 Å². The predicted molar refractivity (Wildman–Crippen MR) is 225 cm³/mol. The summed E-state index contributed by atoms with van der Waals surface area (Å²) in [5.41, 5.74) is 5.67. The zero-order valence-electron chi connectivity index (χ0n) is 30.5. The van der Waals surface area contributed by atoms with Crippen LogP contribution in [0.3, 0.4) is 0 Å². The van der Waals surface area contributed by atoms with E-state index < -0.39 is 0 Å². The number of hydrogen-bond donors (Lipinski definition) is 3. The van der Waals surface area contributed by atoms with Crippen molar-refractivity contribution in [3.63, 3.8) is 0 Å². The van der Waals surface area contributed by atoms with Crippen LogP contribution in [-0.4, -0.2) is 61.5 Å². The van der Waals surface area contributed by atoms with Crippen molar-refractivity contribution in [2.75, 3.05) is 24.2 Å². The second-order valence-corrected chi connectivity index (χ2v) is 15.3. The maximum absolute atomic E-state index is 12.2. The van der Waals surface area contributed by atoms with Crippen molar-refractivity contribution in [3.05, 3.63) is 114 Å². The smallest absolute Gasteiger partial charge is 0.239 e. The molecule has 0 radical (unpaired) electrons. The molecule has 8 aromatic rings. The molecule has 278 valence electrons. The fourth-order valence-corrected chi connectivity index (χ4v) is 8.96. The van der Waals surface area contributed by atoms with E-state index in [9.17, 15) is 4.79 Å². The third-order valence-corrected chi connectivity index (χ3v) is 11.6. The number of hydrogen-bond acceptors (Lipinski definition) is 12. The zero-order chi connectivity index (χ0) is 37.8. The number of carbonyl (C=O) groups excluding carboxylic acids is 1. The van der Waals surface area contributed by atoms with Gasteiger partial charge < -0.3 is 20.7 Å². The Labute approximate surface area is 331 Å². The van der Waals surface area contributed by atoms with E-state index in [1.165, 1.54) is 11.3 Å². The molecule has 1 aliphatic rings. The van der Waals surface area contributed by atoms with Gasteiger partial charge in [0.05, 0.1) is 23.4 Å². The highest BCUT2D eigenvalue weighted by atomic mass is 32.1.